The number of rotatable bonds is 2. The van der Waals surface area contributed by atoms with Crippen LogP contribution >= 0.6 is 34.2 Å². The molecule has 108 valence electrons. The van der Waals surface area contributed by atoms with E-state index in [-0.39, 0.29) is 18.3 Å². The molecule has 1 heterocycles. The fourth-order valence-corrected chi connectivity index (χ4v) is 2.65. The first-order valence-corrected chi connectivity index (χ1v) is 7.32. The minimum Gasteiger partial charge on any atom is -0.409 e. The molecule has 0 aromatic heterocycles. The highest BCUT2D eigenvalue weighted by Gasteiger charge is 2.28. The molecule has 0 aliphatic carbocycles. The first-order chi connectivity index (χ1) is 9.52. The number of morpholine rings is 1. The van der Waals surface area contributed by atoms with Gasteiger partial charge in [0.15, 0.2) is 5.84 Å². The van der Waals surface area contributed by atoms with Crippen molar-refractivity contribution >= 4 is 45.9 Å². The number of hydrogen-bond acceptors (Lipinski definition) is 4. The fraction of sp³-hybridized carbons (Fsp3) is 0.333. The Morgan fingerprint density at radius 2 is 2.35 bits per heavy atom. The number of benzene rings is 1. The number of hydrogen-bond donors (Lipinski definition) is 2. The Kier molecular flexibility index (Phi) is 5.06. The predicted molar refractivity (Wildman–Crippen MR) is 83.2 cm³/mol. The van der Waals surface area contributed by atoms with E-state index in [1.54, 1.807) is 23.1 Å². The summed E-state index contributed by atoms with van der Waals surface area (Å²) in [5.74, 6) is -0.181. The molecule has 0 saturated carbocycles. The van der Waals surface area contributed by atoms with Crippen molar-refractivity contribution in [1.29, 1.82) is 0 Å². The molecule has 1 aliphatic rings. The van der Waals surface area contributed by atoms with Crippen LogP contribution in [-0.4, -0.2) is 47.7 Å². The lowest BCUT2D eigenvalue weighted by atomic mass is 10.1. The van der Waals surface area contributed by atoms with Crippen molar-refractivity contribution in [2.75, 3.05) is 19.7 Å². The van der Waals surface area contributed by atoms with Gasteiger partial charge in [-0.25, -0.2) is 0 Å². The van der Waals surface area contributed by atoms with Crippen molar-refractivity contribution in [3.05, 3.63) is 32.4 Å². The van der Waals surface area contributed by atoms with Crippen LogP contribution in [0.25, 0.3) is 0 Å². The maximum Gasteiger partial charge on any atom is 0.255 e. The molecule has 1 atom stereocenters. The monoisotopic (exact) mass is 409 g/mol. The van der Waals surface area contributed by atoms with Crippen LogP contribution in [0.4, 0.5) is 0 Å². The molecule has 1 saturated heterocycles. The van der Waals surface area contributed by atoms with Gasteiger partial charge >= 0.3 is 0 Å². The Morgan fingerprint density at radius 1 is 1.60 bits per heavy atom. The third kappa shape index (κ3) is 3.33. The zero-order chi connectivity index (χ0) is 14.7. The van der Waals surface area contributed by atoms with Gasteiger partial charge in [-0.15, -0.1) is 0 Å². The van der Waals surface area contributed by atoms with E-state index >= 15 is 0 Å². The molecule has 1 amide bonds. The summed E-state index contributed by atoms with van der Waals surface area (Å²) in [7, 11) is 0. The van der Waals surface area contributed by atoms with Crippen LogP contribution in [0.15, 0.2) is 23.4 Å². The number of nitrogens with zero attached hydrogens (tertiary/aromatic N) is 2. The summed E-state index contributed by atoms with van der Waals surface area (Å²) >= 11 is 8.02. The number of carbonyl (C=O) groups is 1. The van der Waals surface area contributed by atoms with E-state index in [2.05, 4.69) is 27.7 Å². The Morgan fingerprint density at radius 3 is 3.05 bits per heavy atom. The van der Waals surface area contributed by atoms with E-state index < -0.39 is 6.10 Å². The van der Waals surface area contributed by atoms with Gasteiger partial charge in [-0.05, 0) is 40.8 Å². The van der Waals surface area contributed by atoms with Crippen molar-refractivity contribution in [2.24, 2.45) is 10.9 Å². The summed E-state index contributed by atoms with van der Waals surface area (Å²) in [5.41, 5.74) is 6.06. The molecule has 1 aromatic carbocycles. The number of ether oxygens (including phenoxy) is 1. The first-order valence-electron chi connectivity index (χ1n) is 5.86. The summed E-state index contributed by atoms with van der Waals surface area (Å²) in [6.07, 6.45) is -0.588. The summed E-state index contributed by atoms with van der Waals surface area (Å²) in [4.78, 5) is 14.1. The Labute approximate surface area is 134 Å². The molecular formula is C12H13ClIN3O3. The van der Waals surface area contributed by atoms with Gasteiger partial charge in [0.1, 0.15) is 6.10 Å². The third-order valence-electron chi connectivity index (χ3n) is 2.96. The average Bonchev–Trinajstić information content (AvgIpc) is 2.48. The van der Waals surface area contributed by atoms with Crippen LogP contribution in [-0.2, 0) is 4.74 Å². The highest BCUT2D eigenvalue weighted by Crippen LogP contribution is 2.20. The van der Waals surface area contributed by atoms with Crippen LogP contribution in [0.1, 0.15) is 10.4 Å². The number of nitrogens with two attached hydrogens (primary N) is 1. The lowest BCUT2D eigenvalue weighted by Crippen LogP contribution is -2.50. The normalized spacial score (nSPS) is 20.0. The zero-order valence-electron chi connectivity index (χ0n) is 10.4. The number of halogens is 2. The SMILES string of the molecule is N/C(=N/O)C1CN(C(=O)c2cc(Cl)ccc2I)CCO1. The molecule has 0 spiro atoms. The van der Waals surface area contributed by atoms with E-state index in [1.807, 2.05) is 0 Å². The maximum absolute atomic E-state index is 12.5. The van der Waals surface area contributed by atoms with E-state index in [0.29, 0.717) is 23.7 Å². The van der Waals surface area contributed by atoms with E-state index in [0.717, 1.165) is 3.57 Å². The molecular weight excluding hydrogens is 397 g/mol. The van der Waals surface area contributed by atoms with Gasteiger partial charge in [-0.3, -0.25) is 4.79 Å². The molecule has 1 aromatic rings. The Bertz CT molecular complexity index is 553. The van der Waals surface area contributed by atoms with Crippen LogP contribution in [0.5, 0.6) is 0 Å². The Balaban J connectivity index is 2.18. The summed E-state index contributed by atoms with van der Waals surface area (Å²) in [5, 5.41) is 12.1. The fourth-order valence-electron chi connectivity index (χ4n) is 1.91. The van der Waals surface area contributed by atoms with E-state index in [9.17, 15) is 4.79 Å². The molecule has 3 N–H and O–H groups in total. The minimum absolute atomic E-state index is 0.0386. The molecule has 8 heteroatoms. The van der Waals surface area contributed by atoms with Gasteiger partial charge in [-0.1, -0.05) is 16.8 Å². The van der Waals surface area contributed by atoms with Gasteiger partial charge in [0.2, 0.25) is 0 Å². The second-order valence-corrected chi connectivity index (χ2v) is 5.86. The highest BCUT2D eigenvalue weighted by atomic mass is 127. The lowest BCUT2D eigenvalue weighted by Gasteiger charge is -2.32. The van der Waals surface area contributed by atoms with Crippen molar-refractivity contribution in [3.63, 3.8) is 0 Å². The molecule has 1 aliphatic heterocycles. The average molecular weight is 410 g/mol. The van der Waals surface area contributed by atoms with Crippen molar-refractivity contribution in [1.82, 2.24) is 4.90 Å². The maximum atomic E-state index is 12.5. The molecule has 1 fully saturated rings. The van der Waals surface area contributed by atoms with Gasteiger partial charge in [0.25, 0.3) is 5.91 Å². The molecule has 0 bridgehead atoms. The molecule has 6 nitrogen and oxygen atoms in total. The summed E-state index contributed by atoms with van der Waals surface area (Å²) < 4.78 is 6.19. The van der Waals surface area contributed by atoms with Crippen molar-refractivity contribution < 1.29 is 14.7 Å². The summed E-state index contributed by atoms with van der Waals surface area (Å²) in [6, 6.07) is 5.16. The Hall–Kier alpha value is -1.06. The summed E-state index contributed by atoms with van der Waals surface area (Å²) in [6.45, 7) is 1.04. The minimum atomic E-state index is -0.588. The third-order valence-corrected chi connectivity index (χ3v) is 4.13. The standard InChI is InChI=1S/C12H13ClIN3O3/c13-7-1-2-9(14)8(5-7)12(18)17-3-4-20-10(6-17)11(15)16-19/h1-2,5,10,19H,3-4,6H2,(H2,15,16). The number of amidine groups is 1. The largest absolute Gasteiger partial charge is 0.409 e. The number of carbonyl (C=O) groups excluding carboxylic acids is 1. The van der Waals surface area contributed by atoms with Gasteiger partial charge < -0.3 is 20.6 Å². The van der Waals surface area contributed by atoms with Crippen molar-refractivity contribution in [3.8, 4) is 0 Å². The second kappa shape index (κ2) is 6.59. The van der Waals surface area contributed by atoms with Crippen LogP contribution in [0, 0.1) is 3.57 Å². The van der Waals surface area contributed by atoms with Crippen LogP contribution < -0.4 is 5.73 Å². The number of amides is 1. The topological polar surface area (TPSA) is 88.2 Å². The van der Waals surface area contributed by atoms with Crippen molar-refractivity contribution in [2.45, 2.75) is 6.10 Å². The molecule has 20 heavy (non-hydrogen) atoms. The lowest BCUT2D eigenvalue weighted by molar-refractivity contribution is 0.00670. The van der Waals surface area contributed by atoms with Gasteiger partial charge in [0.05, 0.1) is 18.7 Å². The van der Waals surface area contributed by atoms with E-state index in [4.69, 9.17) is 27.3 Å². The van der Waals surface area contributed by atoms with Gasteiger partial charge in [0, 0.05) is 15.1 Å². The van der Waals surface area contributed by atoms with E-state index in [1.165, 1.54) is 0 Å². The second-order valence-electron chi connectivity index (χ2n) is 4.26. The van der Waals surface area contributed by atoms with Gasteiger partial charge in [-0.2, -0.15) is 0 Å². The molecule has 0 radical (unpaired) electrons. The number of oxime groups is 1. The zero-order valence-corrected chi connectivity index (χ0v) is 13.3. The molecule has 2 rings (SSSR count). The van der Waals surface area contributed by atoms with Crippen LogP contribution in [0.2, 0.25) is 5.02 Å². The predicted octanol–water partition coefficient (Wildman–Crippen LogP) is 1.53. The first kappa shape index (κ1) is 15.3. The molecule has 1 unspecified atom stereocenters. The highest BCUT2D eigenvalue weighted by molar-refractivity contribution is 14.1. The smallest absolute Gasteiger partial charge is 0.255 e. The van der Waals surface area contributed by atoms with Crippen LogP contribution in [0.3, 0.4) is 0 Å². The quantitative estimate of drug-likeness (QED) is 0.255.